The highest BCUT2D eigenvalue weighted by Crippen LogP contribution is 2.21. The van der Waals surface area contributed by atoms with Crippen LogP contribution in [0.3, 0.4) is 0 Å². The molecule has 0 N–H and O–H groups in total. The molecule has 106 valence electrons. The molecule has 0 aromatic heterocycles. The summed E-state index contributed by atoms with van der Waals surface area (Å²) in [5, 5.41) is 8.79. The molecule has 0 aliphatic heterocycles. The molecule has 2 rings (SSSR count). The van der Waals surface area contributed by atoms with Gasteiger partial charge in [-0.1, -0.05) is 29.8 Å². The van der Waals surface area contributed by atoms with Gasteiger partial charge in [-0.15, -0.1) is 0 Å². The topological polar surface area (TPSA) is 44.1 Å². The zero-order chi connectivity index (χ0) is 15.4. The Bertz CT molecular complexity index is 666. The smallest absolute Gasteiger partial charge is 0.254 e. The summed E-state index contributed by atoms with van der Waals surface area (Å²) >= 11 is 0. The zero-order valence-electron chi connectivity index (χ0n) is 12.5. The lowest BCUT2D eigenvalue weighted by Gasteiger charge is -2.25. The Hall–Kier alpha value is -2.60. The van der Waals surface area contributed by atoms with E-state index in [1.54, 1.807) is 36.2 Å². The van der Waals surface area contributed by atoms with Gasteiger partial charge >= 0.3 is 0 Å². The fourth-order valence-corrected chi connectivity index (χ4v) is 2.14. The van der Waals surface area contributed by atoms with Crippen molar-refractivity contribution in [3.05, 3.63) is 70.8 Å². The molecule has 1 unspecified atom stereocenters. The molecule has 1 amide bonds. The van der Waals surface area contributed by atoms with Gasteiger partial charge in [0, 0.05) is 12.6 Å². The molecule has 2 aromatic carbocycles. The van der Waals surface area contributed by atoms with Crippen molar-refractivity contribution in [2.24, 2.45) is 0 Å². The molecule has 0 heterocycles. The fourth-order valence-electron chi connectivity index (χ4n) is 2.14. The molecule has 0 spiro atoms. The van der Waals surface area contributed by atoms with Crippen molar-refractivity contribution in [2.45, 2.75) is 19.9 Å². The molecule has 0 bridgehead atoms. The van der Waals surface area contributed by atoms with E-state index in [2.05, 4.69) is 6.07 Å². The minimum atomic E-state index is -0.0486. The Kier molecular flexibility index (Phi) is 4.39. The van der Waals surface area contributed by atoms with Crippen molar-refractivity contribution in [2.75, 3.05) is 7.05 Å². The van der Waals surface area contributed by atoms with E-state index < -0.39 is 0 Å². The Balaban J connectivity index is 2.17. The largest absolute Gasteiger partial charge is 0.335 e. The fraction of sp³-hybridized carbons (Fsp3) is 0.222. The number of amides is 1. The van der Waals surface area contributed by atoms with Crippen LogP contribution in [0, 0.1) is 18.3 Å². The lowest BCUT2D eigenvalue weighted by atomic mass is 10.0. The number of nitrogens with zero attached hydrogens (tertiary/aromatic N) is 2. The van der Waals surface area contributed by atoms with Gasteiger partial charge in [-0.25, -0.2) is 0 Å². The Morgan fingerprint density at radius 2 is 1.67 bits per heavy atom. The first-order chi connectivity index (χ1) is 10.0. The van der Waals surface area contributed by atoms with E-state index in [1.807, 2.05) is 38.1 Å². The van der Waals surface area contributed by atoms with E-state index in [0.717, 1.165) is 5.56 Å². The second-order valence-corrected chi connectivity index (χ2v) is 5.19. The molecular weight excluding hydrogens is 260 g/mol. The summed E-state index contributed by atoms with van der Waals surface area (Å²) in [5.41, 5.74) is 3.45. The van der Waals surface area contributed by atoms with E-state index >= 15 is 0 Å². The maximum absolute atomic E-state index is 12.5. The average Bonchev–Trinajstić information content (AvgIpc) is 2.53. The summed E-state index contributed by atoms with van der Waals surface area (Å²) in [5.74, 6) is -0.0486. The van der Waals surface area contributed by atoms with Crippen LogP contribution in [0.1, 0.15) is 40.0 Å². The van der Waals surface area contributed by atoms with Crippen LogP contribution in [0.2, 0.25) is 0 Å². The lowest BCUT2D eigenvalue weighted by Crippen LogP contribution is -2.29. The van der Waals surface area contributed by atoms with Gasteiger partial charge in [0.05, 0.1) is 17.7 Å². The number of nitriles is 1. The number of rotatable bonds is 3. The molecule has 0 fully saturated rings. The van der Waals surface area contributed by atoms with Crippen LogP contribution < -0.4 is 0 Å². The number of aryl methyl sites for hydroxylation is 1. The van der Waals surface area contributed by atoms with Gasteiger partial charge in [-0.3, -0.25) is 4.79 Å². The highest BCUT2D eigenvalue weighted by Gasteiger charge is 2.18. The lowest BCUT2D eigenvalue weighted by molar-refractivity contribution is 0.0742. The Morgan fingerprint density at radius 1 is 1.10 bits per heavy atom. The number of hydrogen-bond donors (Lipinski definition) is 0. The first-order valence-corrected chi connectivity index (χ1v) is 6.87. The molecular formula is C18H18N2O. The maximum Gasteiger partial charge on any atom is 0.254 e. The average molecular weight is 278 g/mol. The zero-order valence-corrected chi connectivity index (χ0v) is 12.5. The van der Waals surface area contributed by atoms with Gasteiger partial charge in [-0.05, 0) is 43.7 Å². The Morgan fingerprint density at radius 3 is 2.19 bits per heavy atom. The van der Waals surface area contributed by atoms with Crippen molar-refractivity contribution >= 4 is 5.91 Å². The molecule has 21 heavy (non-hydrogen) atoms. The molecule has 3 nitrogen and oxygen atoms in total. The van der Waals surface area contributed by atoms with Crippen molar-refractivity contribution in [1.82, 2.24) is 4.90 Å². The van der Waals surface area contributed by atoms with Crippen LogP contribution in [-0.4, -0.2) is 17.9 Å². The number of benzene rings is 2. The monoisotopic (exact) mass is 278 g/mol. The maximum atomic E-state index is 12.5. The van der Waals surface area contributed by atoms with Gasteiger partial charge in [0.2, 0.25) is 0 Å². The summed E-state index contributed by atoms with van der Waals surface area (Å²) in [4.78, 5) is 14.2. The predicted molar refractivity (Wildman–Crippen MR) is 82.8 cm³/mol. The number of carbonyl (C=O) groups excluding carboxylic acids is 1. The predicted octanol–water partition coefficient (Wildman–Crippen LogP) is 3.70. The van der Waals surface area contributed by atoms with Gasteiger partial charge in [0.25, 0.3) is 5.91 Å². The number of hydrogen-bond acceptors (Lipinski definition) is 2. The first-order valence-electron chi connectivity index (χ1n) is 6.87. The first kappa shape index (κ1) is 14.8. The minimum absolute atomic E-state index is 0.00579. The molecule has 0 saturated heterocycles. The van der Waals surface area contributed by atoms with Crippen molar-refractivity contribution in [1.29, 1.82) is 5.26 Å². The minimum Gasteiger partial charge on any atom is -0.335 e. The summed E-state index contributed by atoms with van der Waals surface area (Å²) < 4.78 is 0. The van der Waals surface area contributed by atoms with Crippen LogP contribution in [-0.2, 0) is 0 Å². The van der Waals surface area contributed by atoms with E-state index in [-0.39, 0.29) is 11.9 Å². The summed E-state index contributed by atoms with van der Waals surface area (Å²) in [6, 6.07) is 16.9. The summed E-state index contributed by atoms with van der Waals surface area (Å²) in [7, 11) is 1.80. The van der Waals surface area contributed by atoms with Crippen LogP contribution >= 0.6 is 0 Å². The van der Waals surface area contributed by atoms with Gasteiger partial charge in [-0.2, -0.15) is 5.26 Å². The Labute approximate surface area is 125 Å². The molecule has 3 heteroatoms. The summed E-state index contributed by atoms with van der Waals surface area (Å²) in [6.07, 6.45) is 0. The van der Waals surface area contributed by atoms with Crippen molar-refractivity contribution in [3.63, 3.8) is 0 Å². The van der Waals surface area contributed by atoms with Gasteiger partial charge in [0.15, 0.2) is 0 Å². The molecule has 0 aliphatic carbocycles. The number of carbonyl (C=O) groups is 1. The van der Waals surface area contributed by atoms with Crippen LogP contribution in [0.15, 0.2) is 48.5 Å². The van der Waals surface area contributed by atoms with Crippen molar-refractivity contribution < 1.29 is 4.79 Å². The van der Waals surface area contributed by atoms with E-state index in [4.69, 9.17) is 5.26 Å². The third-order valence-corrected chi connectivity index (χ3v) is 3.72. The molecule has 0 radical (unpaired) electrons. The van der Waals surface area contributed by atoms with Crippen LogP contribution in [0.5, 0.6) is 0 Å². The van der Waals surface area contributed by atoms with E-state index in [0.29, 0.717) is 11.1 Å². The highest BCUT2D eigenvalue weighted by atomic mass is 16.2. The second-order valence-electron chi connectivity index (χ2n) is 5.19. The van der Waals surface area contributed by atoms with Gasteiger partial charge < -0.3 is 4.90 Å². The van der Waals surface area contributed by atoms with Crippen molar-refractivity contribution in [3.8, 4) is 6.07 Å². The quantitative estimate of drug-likeness (QED) is 0.859. The van der Waals surface area contributed by atoms with E-state index in [9.17, 15) is 4.79 Å². The molecule has 2 aromatic rings. The normalized spacial score (nSPS) is 11.5. The molecule has 1 atom stereocenters. The highest BCUT2D eigenvalue weighted by molar-refractivity contribution is 5.94. The van der Waals surface area contributed by atoms with Crippen LogP contribution in [0.25, 0.3) is 0 Å². The molecule has 0 saturated carbocycles. The third kappa shape index (κ3) is 3.29. The third-order valence-electron chi connectivity index (χ3n) is 3.72. The van der Waals surface area contributed by atoms with E-state index in [1.165, 1.54) is 5.56 Å². The standard InChI is InChI=1S/C18H18N2O/c1-13-4-8-16(9-5-13)14(2)20(3)18(21)17-10-6-15(12-19)7-11-17/h4-11,14H,1-3H3. The summed E-state index contributed by atoms with van der Waals surface area (Å²) in [6.45, 7) is 4.05. The van der Waals surface area contributed by atoms with Crippen LogP contribution in [0.4, 0.5) is 0 Å². The molecule has 0 aliphatic rings. The second kappa shape index (κ2) is 6.23. The van der Waals surface area contributed by atoms with Gasteiger partial charge in [0.1, 0.15) is 0 Å². The SMILES string of the molecule is Cc1ccc(C(C)N(C)C(=O)c2ccc(C#N)cc2)cc1.